The van der Waals surface area contributed by atoms with Gasteiger partial charge in [-0.15, -0.1) is 0 Å². The standard InChI is InChI=1S/C11H15N3O3/c15-8-9-7-10(1-2-11(9)14(16)17)13-5-3-12-4-6-13/h1-2,7,12,15H,3-6,8H2. The van der Waals surface area contributed by atoms with Gasteiger partial charge in [0.2, 0.25) is 0 Å². The minimum atomic E-state index is -0.465. The summed E-state index contributed by atoms with van der Waals surface area (Å²) in [4.78, 5) is 12.4. The second kappa shape index (κ2) is 5.11. The van der Waals surface area contributed by atoms with Crippen LogP contribution in [-0.4, -0.2) is 36.2 Å². The fourth-order valence-corrected chi connectivity index (χ4v) is 2.00. The average molecular weight is 237 g/mol. The van der Waals surface area contributed by atoms with Crippen molar-refractivity contribution in [2.24, 2.45) is 0 Å². The molecule has 1 aromatic carbocycles. The summed E-state index contributed by atoms with van der Waals surface area (Å²) in [6.45, 7) is 3.26. The highest BCUT2D eigenvalue weighted by molar-refractivity contribution is 5.55. The third kappa shape index (κ3) is 2.54. The predicted octanol–water partition coefficient (Wildman–Crippen LogP) is 0.497. The zero-order valence-electron chi connectivity index (χ0n) is 9.43. The lowest BCUT2D eigenvalue weighted by molar-refractivity contribution is -0.385. The maximum Gasteiger partial charge on any atom is 0.275 e. The molecule has 6 heteroatoms. The van der Waals surface area contributed by atoms with Crippen molar-refractivity contribution in [1.82, 2.24) is 5.32 Å². The lowest BCUT2D eigenvalue weighted by Gasteiger charge is -2.29. The van der Waals surface area contributed by atoms with Crippen molar-refractivity contribution in [3.8, 4) is 0 Å². The molecule has 6 nitrogen and oxygen atoms in total. The summed E-state index contributed by atoms with van der Waals surface area (Å²) < 4.78 is 0. The Morgan fingerprint density at radius 2 is 2.12 bits per heavy atom. The lowest BCUT2D eigenvalue weighted by Crippen LogP contribution is -2.43. The molecule has 2 rings (SSSR count). The third-order valence-corrected chi connectivity index (χ3v) is 2.91. The quantitative estimate of drug-likeness (QED) is 0.591. The van der Waals surface area contributed by atoms with Gasteiger partial charge in [-0.25, -0.2) is 0 Å². The molecule has 0 aromatic heterocycles. The van der Waals surface area contributed by atoms with E-state index in [1.807, 2.05) is 0 Å². The van der Waals surface area contributed by atoms with Crippen molar-refractivity contribution in [2.45, 2.75) is 6.61 Å². The van der Waals surface area contributed by atoms with E-state index in [9.17, 15) is 10.1 Å². The van der Waals surface area contributed by atoms with Crippen molar-refractivity contribution in [2.75, 3.05) is 31.1 Å². The number of hydrogen-bond acceptors (Lipinski definition) is 5. The van der Waals surface area contributed by atoms with Crippen LogP contribution in [0.1, 0.15) is 5.56 Å². The summed E-state index contributed by atoms with van der Waals surface area (Å²) in [5, 5.41) is 23.1. The Kier molecular flexibility index (Phi) is 3.55. The van der Waals surface area contributed by atoms with Crippen LogP contribution in [0.4, 0.5) is 11.4 Å². The van der Waals surface area contributed by atoms with Crippen molar-refractivity contribution in [1.29, 1.82) is 0 Å². The van der Waals surface area contributed by atoms with Crippen LogP contribution in [0, 0.1) is 10.1 Å². The number of aliphatic hydroxyl groups is 1. The van der Waals surface area contributed by atoms with Gasteiger partial charge in [-0.05, 0) is 12.1 Å². The van der Waals surface area contributed by atoms with Crippen molar-refractivity contribution >= 4 is 11.4 Å². The van der Waals surface area contributed by atoms with Gasteiger partial charge >= 0.3 is 0 Å². The molecule has 1 aliphatic heterocycles. The van der Waals surface area contributed by atoms with Crippen molar-refractivity contribution < 1.29 is 10.0 Å². The normalized spacial score (nSPS) is 15.9. The number of rotatable bonds is 3. The van der Waals surface area contributed by atoms with E-state index in [1.54, 1.807) is 12.1 Å². The first kappa shape index (κ1) is 11.8. The Bertz CT molecular complexity index is 416. The van der Waals surface area contributed by atoms with Crippen LogP contribution in [0.25, 0.3) is 0 Å². The molecule has 0 atom stereocenters. The number of benzene rings is 1. The molecule has 2 N–H and O–H groups in total. The van der Waals surface area contributed by atoms with Crippen LogP contribution in [0.3, 0.4) is 0 Å². The molecule has 0 radical (unpaired) electrons. The molecule has 0 amide bonds. The van der Waals surface area contributed by atoms with Gasteiger partial charge in [-0.2, -0.15) is 0 Å². The number of nitro benzene ring substituents is 1. The van der Waals surface area contributed by atoms with Crippen molar-refractivity contribution in [3.05, 3.63) is 33.9 Å². The maximum absolute atomic E-state index is 10.7. The summed E-state index contributed by atoms with van der Waals surface area (Å²) in [6.07, 6.45) is 0. The average Bonchev–Trinajstić information content (AvgIpc) is 2.39. The molecule has 1 aliphatic rings. The van der Waals surface area contributed by atoms with Gasteiger partial charge in [0, 0.05) is 37.9 Å². The van der Waals surface area contributed by atoms with E-state index in [2.05, 4.69) is 10.2 Å². The van der Waals surface area contributed by atoms with Gasteiger partial charge < -0.3 is 15.3 Å². The fraction of sp³-hybridized carbons (Fsp3) is 0.455. The second-order valence-electron chi connectivity index (χ2n) is 3.97. The second-order valence-corrected chi connectivity index (χ2v) is 3.97. The molecule has 0 saturated carbocycles. The van der Waals surface area contributed by atoms with E-state index < -0.39 is 4.92 Å². The number of hydrogen-bond donors (Lipinski definition) is 2. The number of anilines is 1. The summed E-state index contributed by atoms with van der Waals surface area (Å²) in [5.41, 5.74) is 1.28. The monoisotopic (exact) mass is 237 g/mol. The molecular weight excluding hydrogens is 222 g/mol. The molecular formula is C11H15N3O3. The first-order chi connectivity index (χ1) is 8.22. The number of aliphatic hydroxyl groups excluding tert-OH is 1. The first-order valence-corrected chi connectivity index (χ1v) is 5.56. The fourth-order valence-electron chi connectivity index (χ4n) is 2.00. The first-order valence-electron chi connectivity index (χ1n) is 5.56. The number of nitro groups is 1. The molecule has 0 bridgehead atoms. The Labute approximate surface area is 99.0 Å². The number of nitrogens with zero attached hydrogens (tertiary/aromatic N) is 2. The third-order valence-electron chi connectivity index (χ3n) is 2.91. The molecule has 1 heterocycles. The minimum Gasteiger partial charge on any atom is -0.391 e. The summed E-state index contributed by atoms with van der Waals surface area (Å²) in [7, 11) is 0. The van der Waals surface area contributed by atoms with Crippen LogP contribution < -0.4 is 10.2 Å². The Balaban J connectivity index is 2.27. The predicted molar refractivity (Wildman–Crippen MR) is 64.1 cm³/mol. The topological polar surface area (TPSA) is 78.6 Å². The molecule has 17 heavy (non-hydrogen) atoms. The van der Waals surface area contributed by atoms with E-state index in [-0.39, 0.29) is 12.3 Å². The summed E-state index contributed by atoms with van der Waals surface area (Å²) in [6, 6.07) is 4.90. The van der Waals surface area contributed by atoms with Gasteiger partial charge in [0.1, 0.15) is 0 Å². The molecule has 0 spiro atoms. The van der Waals surface area contributed by atoms with Crippen LogP contribution in [0.5, 0.6) is 0 Å². The van der Waals surface area contributed by atoms with Crippen LogP contribution in [0.2, 0.25) is 0 Å². The Hall–Kier alpha value is -1.66. The van der Waals surface area contributed by atoms with E-state index >= 15 is 0 Å². The van der Waals surface area contributed by atoms with Crippen LogP contribution in [0.15, 0.2) is 18.2 Å². The van der Waals surface area contributed by atoms with Gasteiger partial charge in [0.05, 0.1) is 17.1 Å². The smallest absolute Gasteiger partial charge is 0.275 e. The highest BCUT2D eigenvalue weighted by Gasteiger charge is 2.16. The molecule has 0 aliphatic carbocycles. The minimum absolute atomic E-state index is 0.0219. The van der Waals surface area contributed by atoms with Crippen LogP contribution >= 0.6 is 0 Å². The molecule has 1 fully saturated rings. The van der Waals surface area contributed by atoms with Gasteiger partial charge in [-0.3, -0.25) is 10.1 Å². The molecule has 92 valence electrons. The Morgan fingerprint density at radius 3 is 2.71 bits per heavy atom. The SMILES string of the molecule is O=[N+]([O-])c1ccc(N2CCNCC2)cc1CO. The van der Waals surface area contributed by atoms with E-state index in [1.165, 1.54) is 6.07 Å². The zero-order chi connectivity index (χ0) is 12.3. The zero-order valence-corrected chi connectivity index (χ0v) is 9.43. The van der Waals surface area contributed by atoms with Gasteiger partial charge in [0.25, 0.3) is 5.69 Å². The van der Waals surface area contributed by atoms with Crippen LogP contribution in [-0.2, 0) is 6.61 Å². The van der Waals surface area contributed by atoms with E-state index in [0.717, 1.165) is 31.9 Å². The summed E-state index contributed by atoms with van der Waals surface area (Å²) >= 11 is 0. The van der Waals surface area contributed by atoms with Gasteiger partial charge in [0.15, 0.2) is 0 Å². The van der Waals surface area contributed by atoms with E-state index in [4.69, 9.17) is 5.11 Å². The summed E-state index contributed by atoms with van der Waals surface area (Å²) in [5.74, 6) is 0. The Morgan fingerprint density at radius 1 is 1.41 bits per heavy atom. The van der Waals surface area contributed by atoms with E-state index in [0.29, 0.717) is 5.56 Å². The van der Waals surface area contributed by atoms with Crippen molar-refractivity contribution in [3.63, 3.8) is 0 Å². The number of nitrogens with one attached hydrogen (secondary N) is 1. The lowest BCUT2D eigenvalue weighted by atomic mass is 10.1. The molecule has 1 aromatic rings. The number of piperazine rings is 1. The maximum atomic E-state index is 10.7. The highest BCUT2D eigenvalue weighted by atomic mass is 16.6. The van der Waals surface area contributed by atoms with Gasteiger partial charge in [-0.1, -0.05) is 0 Å². The molecule has 1 saturated heterocycles. The molecule has 0 unspecified atom stereocenters. The largest absolute Gasteiger partial charge is 0.391 e. The highest BCUT2D eigenvalue weighted by Crippen LogP contribution is 2.25.